The van der Waals surface area contributed by atoms with E-state index in [1.165, 1.54) is 18.7 Å². The predicted molar refractivity (Wildman–Crippen MR) is 128 cm³/mol. The van der Waals surface area contributed by atoms with E-state index < -0.39 is 6.04 Å². The molecule has 1 unspecified atom stereocenters. The van der Waals surface area contributed by atoms with E-state index in [9.17, 15) is 9.59 Å². The molecule has 0 radical (unpaired) electrons. The van der Waals surface area contributed by atoms with Gasteiger partial charge in [-0.1, -0.05) is 60.7 Å². The number of likely N-dealkylation sites (N-methyl/N-ethyl adjacent to an activating group) is 1. The Morgan fingerprint density at radius 3 is 2.09 bits per heavy atom. The van der Waals surface area contributed by atoms with E-state index in [-0.39, 0.29) is 11.8 Å². The molecule has 166 valence electrons. The third-order valence-electron chi connectivity index (χ3n) is 4.80. The van der Waals surface area contributed by atoms with Crippen LogP contribution in [0.15, 0.2) is 89.8 Å². The monoisotopic (exact) mass is 448 g/mol. The summed E-state index contributed by atoms with van der Waals surface area (Å²) in [5.74, 6) is 0.901. The van der Waals surface area contributed by atoms with Crippen LogP contribution in [0.5, 0.6) is 5.75 Å². The molecule has 0 bridgehead atoms. The van der Waals surface area contributed by atoms with Crippen LogP contribution in [0.3, 0.4) is 0 Å². The van der Waals surface area contributed by atoms with Crippen LogP contribution in [0.2, 0.25) is 0 Å². The molecule has 5 nitrogen and oxygen atoms in total. The summed E-state index contributed by atoms with van der Waals surface area (Å²) in [6.07, 6.45) is 0. The third-order valence-corrected chi connectivity index (χ3v) is 5.91. The second-order valence-electron chi connectivity index (χ2n) is 7.49. The van der Waals surface area contributed by atoms with Crippen LogP contribution in [0.1, 0.15) is 18.1 Å². The standard InChI is InChI=1S/C26H28N2O3S/c1-20(29)27-25(26(30)28(2)17-21-9-5-3-6-10-21)19-32-24-15-13-23(14-16-24)31-18-22-11-7-4-8-12-22/h3-16,25H,17-19H2,1-2H3,(H,27,29). The van der Waals surface area contributed by atoms with Gasteiger partial charge in [-0.15, -0.1) is 11.8 Å². The minimum absolute atomic E-state index is 0.112. The topological polar surface area (TPSA) is 58.6 Å². The number of nitrogens with zero attached hydrogens (tertiary/aromatic N) is 1. The summed E-state index contributed by atoms with van der Waals surface area (Å²) in [7, 11) is 1.76. The van der Waals surface area contributed by atoms with Crippen molar-refractivity contribution in [3.8, 4) is 5.75 Å². The number of amides is 2. The minimum Gasteiger partial charge on any atom is -0.489 e. The number of carbonyl (C=O) groups is 2. The summed E-state index contributed by atoms with van der Waals surface area (Å²) < 4.78 is 5.82. The zero-order valence-electron chi connectivity index (χ0n) is 18.4. The Bertz CT molecular complexity index is 995. The Kier molecular flexibility index (Phi) is 8.75. The van der Waals surface area contributed by atoms with Crippen molar-refractivity contribution >= 4 is 23.6 Å². The average Bonchev–Trinajstić information content (AvgIpc) is 2.81. The van der Waals surface area contributed by atoms with Crippen molar-refractivity contribution < 1.29 is 14.3 Å². The Morgan fingerprint density at radius 2 is 1.50 bits per heavy atom. The van der Waals surface area contributed by atoms with Gasteiger partial charge in [0, 0.05) is 31.2 Å². The quantitative estimate of drug-likeness (QED) is 0.463. The lowest BCUT2D eigenvalue weighted by Gasteiger charge is -2.24. The van der Waals surface area contributed by atoms with Gasteiger partial charge in [0.2, 0.25) is 11.8 Å². The molecule has 1 atom stereocenters. The fraction of sp³-hybridized carbons (Fsp3) is 0.231. The van der Waals surface area contributed by atoms with Crippen LogP contribution in [0.25, 0.3) is 0 Å². The van der Waals surface area contributed by atoms with E-state index in [0.29, 0.717) is 18.9 Å². The lowest BCUT2D eigenvalue weighted by molar-refractivity contribution is -0.134. The molecule has 3 aromatic carbocycles. The molecule has 0 heterocycles. The summed E-state index contributed by atoms with van der Waals surface area (Å²) in [4.78, 5) is 27.3. The van der Waals surface area contributed by atoms with Crippen molar-refractivity contribution in [1.82, 2.24) is 10.2 Å². The van der Waals surface area contributed by atoms with E-state index in [4.69, 9.17) is 4.74 Å². The largest absolute Gasteiger partial charge is 0.489 e. The van der Waals surface area contributed by atoms with Crippen molar-refractivity contribution in [3.05, 3.63) is 96.1 Å². The maximum Gasteiger partial charge on any atom is 0.246 e. The highest BCUT2D eigenvalue weighted by Gasteiger charge is 2.23. The smallest absolute Gasteiger partial charge is 0.246 e. The fourth-order valence-electron chi connectivity index (χ4n) is 3.17. The molecule has 0 aromatic heterocycles. The minimum atomic E-state index is -0.597. The van der Waals surface area contributed by atoms with Crippen molar-refractivity contribution in [2.75, 3.05) is 12.8 Å². The number of nitrogens with one attached hydrogen (secondary N) is 1. The first-order chi connectivity index (χ1) is 15.5. The molecule has 6 heteroatoms. The third kappa shape index (κ3) is 7.46. The normalized spacial score (nSPS) is 11.4. The van der Waals surface area contributed by atoms with E-state index >= 15 is 0 Å². The molecule has 0 saturated heterocycles. The van der Waals surface area contributed by atoms with Gasteiger partial charge in [0.25, 0.3) is 0 Å². The number of hydrogen-bond donors (Lipinski definition) is 1. The van der Waals surface area contributed by atoms with Gasteiger partial charge in [-0.2, -0.15) is 0 Å². The predicted octanol–water partition coefficient (Wildman–Crippen LogP) is 4.52. The van der Waals surface area contributed by atoms with Crippen molar-refractivity contribution in [3.63, 3.8) is 0 Å². The van der Waals surface area contributed by atoms with Gasteiger partial charge in [-0.3, -0.25) is 9.59 Å². The second-order valence-corrected chi connectivity index (χ2v) is 8.58. The van der Waals surface area contributed by atoms with Gasteiger partial charge in [-0.05, 0) is 35.4 Å². The molecule has 0 aliphatic carbocycles. The summed E-state index contributed by atoms with van der Waals surface area (Å²) in [6.45, 7) is 2.44. The lowest BCUT2D eigenvalue weighted by atomic mass is 10.2. The molecule has 32 heavy (non-hydrogen) atoms. The molecule has 2 amide bonds. The van der Waals surface area contributed by atoms with Crippen molar-refractivity contribution in [2.24, 2.45) is 0 Å². The molecular formula is C26H28N2O3S. The Hall–Kier alpha value is -3.25. The molecule has 0 saturated carbocycles. The van der Waals surface area contributed by atoms with Crippen LogP contribution in [-0.4, -0.2) is 35.6 Å². The van der Waals surface area contributed by atoms with Crippen LogP contribution < -0.4 is 10.1 Å². The SMILES string of the molecule is CC(=O)NC(CSc1ccc(OCc2ccccc2)cc1)C(=O)N(C)Cc1ccccc1. The molecule has 0 aliphatic rings. The van der Waals surface area contributed by atoms with E-state index in [2.05, 4.69) is 5.32 Å². The van der Waals surface area contributed by atoms with Crippen LogP contribution in [0.4, 0.5) is 0 Å². The molecule has 1 N–H and O–H groups in total. The van der Waals surface area contributed by atoms with Crippen LogP contribution >= 0.6 is 11.8 Å². The first kappa shape index (κ1) is 23.4. The maximum atomic E-state index is 13.0. The molecule has 3 rings (SSSR count). The Labute approximate surface area is 193 Å². The fourth-order valence-corrected chi connectivity index (χ4v) is 4.09. The van der Waals surface area contributed by atoms with E-state index in [1.807, 2.05) is 84.9 Å². The van der Waals surface area contributed by atoms with Gasteiger partial charge in [0.1, 0.15) is 18.4 Å². The highest BCUT2D eigenvalue weighted by atomic mass is 32.2. The average molecular weight is 449 g/mol. The lowest BCUT2D eigenvalue weighted by Crippen LogP contribution is -2.48. The number of carbonyl (C=O) groups excluding carboxylic acids is 2. The molecular weight excluding hydrogens is 420 g/mol. The Morgan fingerprint density at radius 1 is 0.906 bits per heavy atom. The molecule has 0 spiro atoms. The van der Waals surface area contributed by atoms with E-state index in [1.54, 1.807) is 11.9 Å². The van der Waals surface area contributed by atoms with Crippen LogP contribution in [-0.2, 0) is 22.7 Å². The van der Waals surface area contributed by atoms with E-state index in [0.717, 1.165) is 21.8 Å². The number of ether oxygens (including phenoxy) is 1. The highest BCUT2D eigenvalue weighted by Crippen LogP contribution is 2.23. The Balaban J connectivity index is 1.55. The number of rotatable bonds is 10. The van der Waals surface area contributed by atoms with Crippen LogP contribution in [0, 0.1) is 0 Å². The summed E-state index contributed by atoms with van der Waals surface area (Å²) >= 11 is 1.53. The van der Waals surface area contributed by atoms with Gasteiger partial charge < -0.3 is 15.0 Å². The zero-order chi connectivity index (χ0) is 22.8. The van der Waals surface area contributed by atoms with Gasteiger partial charge in [0.05, 0.1) is 0 Å². The van der Waals surface area contributed by atoms with Gasteiger partial charge >= 0.3 is 0 Å². The molecule has 0 fully saturated rings. The summed E-state index contributed by atoms with van der Waals surface area (Å²) in [5.41, 5.74) is 2.16. The molecule has 0 aliphatic heterocycles. The number of thioether (sulfide) groups is 1. The zero-order valence-corrected chi connectivity index (χ0v) is 19.2. The van der Waals surface area contributed by atoms with Crippen molar-refractivity contribution in [2.45, 2.75) is 31.0 Å². The molecule has 3 aromatic rings. The van der Waals surface area contributed by atoms with Gasteiger partial charge in [0.15, 0.2) is 0 Å². The summed E-state index contributed by atoms with van der Waals surface area (Å²) in [6, 6.07) is 27.0. The first-order valence-corrected chi connectivity index (χ1v) is 11.5. The first-order valence-electron chi connectivity index (χ1n) is 10.5. The van der Waals surface area contributed by atoms with Gasteiger partial charge in [-0.25, -0.2) is 0 Å². The highest BCUT2D eigenvalue weighted by molar-refractivity contribution is 7.99. The number of hydrogen-bond acceptors (Lipinski definition) is 4. The second kappa shape index (κ2) is 12.0. The number of benzene rings is 3. The summed E-state index contributed by atoms with van der Waals surface area (Å²) in [5, 5.41) is 2.79. The van der Waals surface area contributed by atoms with Crippen molar-refractivity contribution in [1.29, 1.82) is 0 Å². The maximum absolute atomic E-state index is 13.0.